The Kier molecular flexibility index (Phi) is 7.60. The van der Waals surface area contributed by atoms with Gasteiger partial charge in [-0.3, -0.25) is 4.68 Å². The van der Waals surface area contributed by atoms with E-state index in [1.807, 2.05) is 11.6 Å². The number of nitrogens with one attached hydrogen (secondary N) is 1. The average molecular weight is 254 g/mol. The molecular formula is C13H26N4O. The van der Waals surface area contributed by atoms with E-state index in [-0.39, 0.29) is 0 Å². The molecule has 0 aromatic carbocycles. The lowest BCUT2D eigenvalue weighted by molar-refractivity contribution is 0.121. The topological polar surface area (TPSA) is 52.0 Å². The monoisotopic (exact) mass is 254 g/mol. The maximum Gasteiger partial charge on any atom is 0.138 e. The quantitative estimate of drug-likeness (QED) is 0.689. The van der Waals surface area contributed by atoms with Gasteiger partial charge in [0.2, 0.25) is 0 Å². The summed E-state index contributed by atoms with van der Waals surface area (Å²) in [5.74, 6) is 1.05. The molecule has 18 heavy (non-hydrogen) atoms. The first-order chi connectivity index (χ1) is 8.81. The number of aryl methyl sites for hydroxylation is 1. The van der Waals surface area contributed by atoms with Gasteiger partial charge in [-0.05, 0) is 26.3 Å². The van der Waals surface area contributed by atoms with E-state index in [0.29, 0.717) is 6.04 Å². The van der Waals surface area contributed by atoms with Crippen LogP contribution in [0.2, 0.25) is 0 Å². The van der Waals surface area contributed by atoms with Crippen molar-refractivity contribution in [2.75, 3.05) is 19.8 Å². The molecular weight excluding hydrogens is 228 g/mol. The van der Waals surface area contributed by atoms with Crippen LogP contribution in [0.1, 0.15) is 39.4 Å². The lowest BCUT2D eigenvalue weighted by Crippen LogP contribution is -2.37. The largest absolute Gasteiger partial charge is 0.380 e. The van der Waals surface area contributed by atoms with E-state index < -0.39 is 0 Å². The van der Waals surface area contributed by atoms with Gasteiger partial charge in [0.1, 0.15) is 12.2 Å². The van der Waals surface area contributed by atoms with Crippen molar-refractivity contribution >= 4 is 0 Å². The van der Waals surface area contributed by atoms with Gasteiger partial charge in [-0.1, -0.05) is 13.8 Å². The smallest absolute Gasteiger partial charge is 0.138 e. The summed E-state index contributed by atoms with van der Waals surface area (Å²) in [6, 6.07) is 0.324. The standard InChI is InChI=1S/C13H26N4O/c1-4-7-14-12(10-18-6-3)9-13-15-11-16-17(13)8-5-2/h11-12,14H,4-10H2,1-3H3. The Morgan fingerprint density at radius 2 is 2.17 bits per heavy atom. The van der Waals surface area contributed by atoms with Gasteiger partial charge in [0.05, 0.1) is 6.61 Å². The zero-order chi connectivity index (χ0) is 13.2. The molecule has 0 saturated heterocycles. The normalized spacial score (nSPS) is 12.8. The predicted octanol–water partition coefficient (Wildman–Crippen LogP) is 1.64. The molecule has 1 rings (SSSR count). The highest BCUT2D eigenvalue weighted by molar-refractivity contribution is 4.90. The molecule has 0 aliphatic heterocycles. The second-order valence-electron chi connectivity index (χ2n) is 4.41. The molecule has 5 heteroatoms. The Balaban J connectivity index is 2.53. The van der Waals surface area contributed by atoms with Crippen molar-refractivity contribution in [3.63, 3.8) is 0 Å². The van der Waals surface area contributed by atoms with Crippen molar-refractivity contribution in [2.45, 2.75) is 52.6 Å². The van der Waals surface area contributed by atoms with Crippen LogP contribution in [0, 0.1) is 0 Å². The predicted molar refractivity (Wildman–Crippen MR) is 72.6 cm³/mol. The first-order valence-electron chi connectivity index (χ1n) is 6.99. The van der Waals surface area contributed by atoms with E-state index in [0.717, 1.165) is 51.4 Å². The van der Waals surface area contributed by atoms with Crippen LogP contribution >= 0.6 is 0 Å². The summed E-state index contributed by atoms with van der Waals surface area (Å²) >= 11 is 0. The summed E-state index contributed by atoms with van der Waals surface area (Å²) < 4.78 is 7.51. The molecule has 1 heterocycles. The molecule has 5 nitrogen and oxygen atoms in total. The number of rotatable bonds is 10. The van der Waals surface area contributed by atoms with Gasteiger partial charge in [-0.15, -0.1) is 0 Å². The molecule has 104 valence electrons. The zero-order valence-corrected chi connectivity index (χ0v) is 11.9. The van der Waals surface area contributed by atoms with Gasteiger partial charge in [0, 0.05) is 25.6 Å². The summed E-state index contributed by atoms with van der Waals surface area (Å²) in [6.45, 7) is 9.78. The first kappa shape index (κ1) is 15.1. The Hall–Kier alpha value is -0.940. The second kappa shape index (κ2) is 9.05. The minimum absolute atomic E-state index is 0.324. The summed E-state index contributed by atoms with van der Waals surface area (Å²) in [4.78, 5) is 4.35. The van der Waals surface area contributed by atoms with E-state index in [4.69, 9.17) is 4.74 Å². The van der Waals surface area contributed by atoms with E-state index in [1.54, 1.807) is 6.33 Å². The lowest BCUT2D eigenvalue weighted by Gasteiger charge is -2.18. The molecule has 1 N–H and O–H groups in total. The third-order valence-electron chi connectivity index (χ3n) is 2.77. The maximum absolute atomic E-state index is 5.52. The number of ether oxygens (including phenoxy) is 1. The maximum atomic E-state index is 5.52. The number of hydrogen-bond acceptors (Lipinski definition) is 4. The van der Waals surface area contributed by atoms with Crippen LogP contribution in [-0.4, -0.2) is 40.6 Å². The molecule has 0 spiro atoms. The van der Waals surface area contributed by atoms with Crippen molar-refractivity contribution in [2.24, 2.45) is 0 Å². The van der Waals surface area contributed by atoms with Crippen molar-refractivity contribution < 1.29 is 4.74 Å². The fourth-order valence-corrected chi connectivity index (χ4v) is 1.86. The Morgan fingerprint density at radius 3 is 2.83 bits per heavy atom. The van der Waals surface area contributed by atoms with Crippen molar-refractivity contribution in [3.8, 4) is 0 Å². The summed E-state index contributed by atoms with van der Waals surface area (Å²) in [5, 5.41) is 7.76. The van der Waals surface area contributed by atoms with Gasteiger partial charge in [-0.25, -0.2) is 4.98 Å². The van der Waals surface area contributed by atoms with Crippen LogP contribution in [0.3, 0.4) is 0 Å². The minimum Gasteiger partial charge on any atom is -0.380 e. The third-order valence-corrected chi connectivity index (χ3v) is 2.77. The molecule has 0 bridgehead atoms. The van der Waals surface area contributed by atoms with Gasteiger partial charge in [0.15, 0.2) is 0 Å². The van der Waals surface area contributed by atoms with Gasteiger partial charge < -0.3 is 10.1 Å². The Labute approximate surface area is 110 Å². The SMILES string of the molecule is CCCNC(COCC)Cc1ncnn1CCC. The van der Waals surface area contributed by atoms with Crippen LogP contribution in [0.5, 0.6) is 0 Å². The highest BCUT2D eigenvalue weighted by Crippen LogP contribution is 2.02. The molecule has 1 unspecified atom stereocenters. The van der Waals surface area contributed by atoms with E-state index in [2.05, 4.69) is 29.2 Å². The van der Waals surface area contributed by atoms with Gasteiger partial charge >= 0.3 is 0 Å². The van der Waals surface area contributed by atoms with Crippen LogP contribution in [0.25, 0.3) is 0 Å². The first-order valence-corrected chi connectivity index (χ1v) is 6.99. The Bertz CT molecular complexity index is 306. The molecule has 0 radical (unpaired) electrons. The Morgan fingerprint density at radius 1 is 1.33 bits per heavy atom. The molecule has 0 aliphatic rings. The van der Waals surface area contributed by atoms with Crippen LogP contribution < -0.4 is 5.32 Å². The summed E-state index contributed by atoms with van der Waals surface area (Å²) in [7, 11) is 0. The number of nitrogens with zero attached hydrogens (tertiary/aromatic N) is 3. The molecule has 1 aromatic heterocycles. The lowest BCUT2D eigenvalue weighted by atomic mass is 10.2. The van der Waals surface area contributed by atoms with Crippen molar-refractivity contribution in [1.29, 1.82) is 0 Å². The van der Waals surface area contributed by atoms with Gasteiger partial charge in [-0.2, -0.15) is 5.10 Å². The van der Waals surface area contributed by atoms with E-state index in [9.17, 15) is 0 Å². The summed E-state index contributed by atoms with van der Waals surface area (Å²) in [5.41, 5.74) is 0. The van der Waals surface area contributed by atoms with Crippen LogP contribution in [0.15, 0.2) is 6.33 Å². The third kappa shape index (κ3) is 5.14. The van der Waals surface area contributed by atoms with Crippen LogP contribution in [0.4, 0.5) is 0 Å². The molecule has 1 aromatic rings. The molecule has 0 fully saturated rings. The minimum atomic E-state index is 0.324. The highest BCUT2D eigenvalue weighted by Gasteiger charge is 2.13. The van der Waals surface area contributed by atoms with Gasteiger partial charge in [0.25, 0.3) is 0 Å². The average Bonchev–Trinajstić information content (AvgIpc) is 2.80. The van der Waals surface area contributed by atoms with E-state index >= 15 is 0 Å². The fourth-order valence-electron chi connectivity index (χ4n) is 1.86. The molecule has 0 aliphatic carbocycles. The van der Waals surface area contributed by atoms with Crippen molar-refractivity contribution in [3.05, 3.63) is 12.2 Å². The summed E-state index contributed by atoms with van der Waals surface area (Å²) in [6.07, 6.45) is 4.72. The fraction of sp³-hybridized carbons (Fsp3) is 0.846. The zero-order valence-electron chi connectivity index (χ0n) is 11.9. The van der Waals surface area contributed by atoms with Crippen molar-refractivity contribution in [1.82, 2.24) is 20.1 Å². The number of hydrogen-bond donors (Lipinski definition) is 1. The molecule has 0 amide bonds. The van der Waals surface area contributed by atoms with Crippen LogP contribution in [-0.2, 0) is 17.7 Å². The highest BCUT2D eigenvalue weighted by atomic mass is 16.5. The number of aromatic nitrogens is 3. The molecule has 1 atom stereocenters. The second-order valence-corrected chi connectivity index (χ2v) is 4.41. The van der Waals surface area contributed by atoms with E-state index in [1.165, 1.54) is 0 Å². The molecule has 0 saturated carbocycles.